The molecule has 0 bridgehead atoms. The Bertz CT molecular complexity index is 820. The maximum absolute atomic E-state index is 12.0. The summed E-state index contributed by atoms with van der Waals surface area (Å²) < 4.78 is 6.21. The van der Waals surface area contributed by atoms with Crippen molar-refractivity contribution in [3.05, 3.63) is 50.6 Å². The van der Waals surface area contributed by atoms with Crippen molar-refractivity contribution < 1.29 is 19.1 Å². The normalized spacial score (nSPS) is 10.2. The van der Waals surface area contributed by atoms with Crippen molar-refractivity contribution >= 4 is 34.7 Å². The molecular weight excluding hydrogens is 332 g/mol. The number of thiazole rings is 1. The van der Waals surface area contributed by atoms with Crippen LogP contribution < -0.4 is 10.2 Å². The number of nitrogens with zero attached hydrogens (tertiary/aromatic N) is 1. The van der Waals surface area contributed by atoms with Crippen LogP contribution in [0.3, 0.4) is 0 Å². The van der Waals surface area contributed by atoms with Gasteiger partial charge in [-0.05, 0) is 31.2 Å². The molecule has 0 fully saturated rings. The minimum atomic E-state index is -0.651. The molecule has 0 aliphatic heterocycles. The largest absolute Gasteiger partial charge is 0.456 e. The van der Waals surface area contributed by atoms with Crippen LogP contribution in [0.1, 0.15) is 23.0 Å². The zero-order chi connectivity index (χ0) is 17.7. The average molecular weight is 348 g/mol. The first-order chi connectivity index (χ1) is 11.4. The summed E-state index contributed by atoms with van der Waals surface area (Å²) in [6, 6.07) is 6.25. The fourth-order valence-electron chi connectivity index (χ4n) is 1.94. The Morgan fingerprint density at radius 1 is 1.21 bits per heavy atom. The zero-order valence-electron chi connectivity index (χ0n) is 13.2. The number of hydrogen-bond donors (Lipinski definition) is 1. The molecule has 0 radical (unpaired) electrons. The summed E-state index contributed by atoms with van der Waals surface area (Å²) in [5, 5.41) is 4.24. The summed E-state index contributed by atoms with van der Waals surface area (Å²) in [4.78, 5) is 45.9. The van der Waals surface area contributed by atoms with E-state index in [0.717, 1.165) is 11.3 Å². The molecule has 0 saturated carbocycles. The molecule has 0 saturated heterocycles. The van der Waals surface area contributed by atoms with Gasteiger partial charge in [-0.2, -0.15) is 0 Å². The molecule has 1 amide bonds. The molecule has 1 aromatic heterocycles. The Kier molecular flexibility index (Phi) is 5.64. The van der Waals surface area contributed by atoms with E-state index in [1.165, 1.54) is 23.6 Å². The number of ether oxygens (including phenoxy) is 1. The summed E-state index contributed by atoms with van der Waals surface area (Å²) in [5.41, 5.74) is 1.60. The van der Waals surface area contributed by atoms with Crippen LogP contribution in [0.25, 0.3) is 0 Å². The molecule has 1 N–H and O–H groups in total. The van der Waals surface area contributed by atoms with Crippen molar-refractivity contribution in [1.82, 2.24) is 4.57 Å². The Hall–Kier alpha value is -2.74. The van der Waals surface area contributed by atoms with Gasteiger partial charge in [-0.1, -0.05) is 11.3 Å². The predicted molar refractivity (Wildman–Crippen MR) is 89.4 cm³/mol. The minimum Gasteiger partial charge on any atom is -0.456 e. The van der Waals surface area contributed by atoms with Crippen molar-refractivity contribution in [2.45, 2.75) is 20.4 Å². The van der Waals surface area contributed by atoms with Crippen molar-refractivity contribution in [1.29, 1.82) is 0 Å². The van der Waals surface area contributed by atoms with Gasteiger partial charge in [0.25, 0.3) is 0 Å². The number of hydrogen-bond acceptors (Lipinski definition) is 6. The molecular formula is C16H16N2O5S. The molecule has 0 unspecified atom stereocenters. The fraction of sp³-hybridized carbons (Fsp3) is 0.250. The number of carbonyl (C=O) groups excluding carboxylic acids is 3. The number of carbonyl (C=O) groups is 3. The molecule has 126 valence electrons. The molecule has 1 heterocycles. The number of esters is 1. The van der Waals surface area contributed by atoms with Crippen LogP contribution in [0.2, 0.25) is 0 Å². The Morgan fingerprint density at radius 3 is 2.42 bits per heavy atom. The lowest BCUT2D eigenvalue weighted by Gasteiger charge is -2.07. The third-order valence-electron chi connectivity index (χ3n) is 3.16. The third-order valence-corrected chi connectivity index (χ3v) is 4.04. The van der Waals surface area contributed by atoms with Gasteiger partial charge >= 0.3 is 10.8 Å². The Balaban J connectivity index is 1.89. The van der Waals surface area contributed by atoms with Crippen molar-refractivity contribution in [3.63, 3.8) is 0 Å². The smallest absolute Gasteiger partial charge is 0.326 e. The van der Waals surface area contributed by atoms with Gasteiger partial charge in [0, 0.05) is 29.2 Å². The first-order valence-electron chi connectivity index (χ1n) is 7.08. The standard InChI is InChI=1S/C16H16N2O5S/c1-10-9-24-16(22)18(10)7-15(21)23-8-14(20)12-3-5-13(6-4-12)17-11(2)19/h3-6,9H,7-8H2,1-2H3,(H,17,19). The monoisotopic (exact) mass is 348 g/mol. The second kappa shape index (κ2) is 7.69. The number of aryl methyl sites for hydroxylation is 1. The van der Waals surface area contributed by atoms with Crippen LogP contribution in [-0.4, -0.2) is 28.8 Å². The molecule has 7 nitrogen and oxygen atoms in total. The van der Waals surface area contributed by atoms with Gasteiger partial charge in [0.1, 0.15) is 6.54 Å². The van der Waals surface area contributed by atoms with Gasteiger partial charge in [0.2, 0.25) is 5.91 Å². The SMILES string of the molecule is CC(=O)Nc1ccc(C(=O)COC(=O)Cn2c(C)csc2=O)cc1. The van der Waals surface area contributed by atoms with E-state index in [0.29, 0.717) is 16.9 Å². The maximum atomic E-state index is 12.0. The first kappa shape index (κ1) is 17.6. The van der Waals surface area contributed by atoms with Crippen LogP contribution in [0.4, 0.5) is 5.69 Å². The number of ketones is 1. The third kappa shape index (κ3) is 4.63. The van der Waals surface area contributed by atoms with Gasteiger partial charge in [-0.3, -0.25) is 23.7 Å². The van der Waals surface area contributed by atoms with Crippen molar-refractivity contribution in [2.24, 2.45) is 0 Å². The molecule has 0 atom stereocenters. The molecule has 2 aromatic rings. The van der Waals surface area contributed by atoms with E-state index in [9.17, 15) is 19.2 Å². The molecule has 0 spiro atoms. The number of amides is 1. The van der Waals surface area contributed by atoms with E-state index in [-0.39, 0.29) is 23.1 Å². The van der Waals surface area contributed by atoms with Crippen molar-refractivity contribution in [2.75, 3.05) is 11.9 Å². The highest BCUT2D eigenvalue weighted by Gasteiger charge is 2.13. The lowest BCUT2D eigenvalue weighted by molar-refractivity contribution is -0.143. The first-order valence-corrected chi connectivity index (χ1v) is 7.96. The van der Waals surface area contributed by atoms with Gasteiger partial charge in [-0.25, -0.2) is 0 Å². The topological polar surface area (TPSA) is 94.5 Å². The zero-order valence-corrected chi connectivity index (χ0v) is 14.0. The van der Waals surface area contributed by atoms with Crippen molar-refractivity contribution in [3.8, 4) is 0 Å². The van der Waals surface area contributed by atoms with E-state index < -0.39 is 12.6 Å². The maximum Gasteiger partial charge on any atom is 0.326 e. The molecule has 1 aromatic carbocycles. The fourth-order valence-corrected chi connectivity index (χ4v) is 2.68. The highest BCUT2D eigenvalue weighted by atomic mass is 32.1. The van der Waals surface area contributed by atoms with E-state index >= 15 is 0 Å². The lowest BCUT2D eigenvalue weighted by atomic mass is 10.1. The van der Waals surface area contributed by atoms with E-state index in [1.54, 1.807) is 24.4 Å². The number of anilines is 1. The van der Waals surface area contributed by atoms with Gasteiger partial charge < -0.3 is 10.1 Å². The molecule has 24 heavy (non-hydrogen) atoms. The number of nitrogens with one attached hydrogen (secondary N) is 1. The predicted octanol–water partition coefficient (Wildman–Crippen LogP) is 1.60. The number of rotatable bonds is 6. The quantitative estimate of drug-likeness (QED) is 0.632. The van der Waals surface area contributed by atoms with Gasteiger partial charge in [0.15, 0.2) is 12.4 Å². The Morgan fingerprint density at radius 2 is 1.88 bits per heavy atom. The number of aromatic nitrogens is 1. The number of Topliss-reactive ketones (excluding diaryl/α,β-unsaturated/α-hetero) is 1. The molecule has 8 heteroatoms. The summed E-state index contributed by atoms with van der Waals surface area (Å²) in [6.07, 6.45) is 0. The highest BCUT2D eigenvalue weighted by molar-refractivity contribution is 7.07. The van der Waals surface area contributed by atoms with E-state index in [4.69, 9.17) is 4.74 Å². The van der Waals surface area contributed by atoms with Crippen LogP contribution in [0.5, 0.6) is 0 Å². The molecule has 2 rings (SSSR count). The van der Waals surface area contributed by atoms with Crippen LogP contribution in [0, 0.1) is 6.92 Å². The number of benzene rings is 1. The average Bonchev–Trinajstić information content (AvgIpc) is 2.84. The van der Waals surface area contributed by atoms with Crippen LogP contribution >= 0.6 is 11.3 Å². The van der Waals surface area contributed by atoms with Gasteiger partial charge in [0.05, 0.1) is 0 Å². The van der Waals surface area contributed by atoms with E-state index in [2.05, 4.69) is 5.32 Å². The minimum absolute atomic E-state index is 0.207. The molecule has 0 aliphatic rings. The summed E-state index contributed by atoms with van der Waals surface area (Å²) in [5.74, 6) is -1.23. The van der Waals surface area contributed by atoms with Crippen LogP contribution in [0.15, 0.2) is 34.4 Å². The van der Waals surface area contributed by atoms with E-state index in [1.807, 2.05) is 0 Å². The van der Waals surface area contributed by atoms with Crippen LogP contribution in [-0.2, 0) is 20.9 Å². The second-order valence-electron chi connectivity index (χ2n) is 5.07. The Labute approximate surface area is 141 Å². The highest BCUT2D eigenvalue weighted by Crippen LogP contribution is 2.10. The van der Waals surface area contributed by atoms with Gasteiger partial charge in [-0.15, -0.1) is 0 Å². The summed E-state index contributed by atoms with van der Waals surface area (Å²) in [7, 11) is 0. The summed E-state index contributed by atoms with van der Waals surface area (Å²) in [6.45, 7) is 2.48. The molecule has 0 aliphatic carbocycles. The second-order valence-corrected chi connectivity index (χ2v) is 5.89. The lowest BCUT2D eigenvalue weighted by Crippen LogP contribution is -2.24. The summed E-state index contributed by atoms with van der Waals surface area (Å²) >= 11 is 1.00.